The van der Waals surface area contributed by atoms with E-state index in [4.69, 9.17) is 4.74 Å². The third-order valence-electron chi connectivity index (χ3n) is 3.71. The number of guanidine groups is 1. The van der Waals surface area contributed by atoms with Gasteiger partial charge in [0.15, 0.2) is 5.96 Å². The summed E-state index contributed by atoms with van der Waals surface area (Å²) >= 11 is 1.77. The fourth-order valence-corrected chi connectivity index (χ4v) is 3.11. The maximum Gasteiger partial charge on any atom is 0.193 e. The smallest absolute Gasteiger partial charge is 0.193 e. The number of halogens is 1. The molecular weight excluding hydrogens is 325 g/mol. The van der Waals surface area contributed by atoms with Crippen LogP contribution >= 0.6 is 11.3 Å². The molecular formula is C18H24FN3OS. The minimum absolute atomic E-state index is 0.238. The summed E-state index contributed by atoms with van der Waals surface area (Å²) in [6, 6.07) is 9.30. The number of ether oxygens (including phenoxy) is 1. The van der Waals surface area contributed by atoms with Gasteiger partial charge in [-0.05, 0) is 35.6 Å². The van der Waals surface area contributed by atoms with Crippen molar-refractivity contribution in [2.45, 2.75) is 19.6 Å². The molecule has 0 bridgehead atoms. The molecule has 2 aromatic rings. The predicted molar refractivity (Wildman–Crippen MR) is 98.0 cm³/mol. The van der Waals surface area contributed by atoms with Crippen LogP contribution in [0.1, 0.15) is 16.0 Å². The zero-order valence-electron chi connectivity index (χ0n) is 14.4. The van der Waals surface area contributed by atoms with E-state index in [1.54, 1.807) is 31.6 Å². The molecule has 0 unspecified atom stereocenters. The minimum Gasteiger partial charge on any atom is -0.380 e. The lowest BCUT2D eigenvalue weighted by atomic mass is 10.1. The molecule has 24 heavy (non-hydrogen) atoms. The first kappa shape index (κ1) is 18.4. The van der Waals surface area contributed by atoms with E-state index in [0.717, 1.165) is 24.5 Å². The lowest BCUT2D eigenvalue weighted by molar-refractivity contribution is 0.181. The molecule has 1 heterocycles. The summed E-state index contributed by atoms with van der Waals surface area (Å²) in [7, 11) is 5.35. The lowest BCUT2D eigenvalue weighted by Crippen LogP contribution is -2.39. The first-order chi connectivity index (χ1) is 11.6. The van der Waals surface area contributed by atoms with E-state index in [0.29, 0.717) is 12.1 Å². The van der Waals surface area contributed by atoms with Crippen molar-refractivity contribution in [3.63, 3.8) is 0 Å². The van der Waals surface area contributed by atoms with Gasteiger partial charge in [0, 0.05) is 44.7 Å². The van der Waals surface area contributed by atoms with Crippen LogP contribution in [0.3, 0.4) is 0 Å². The number of benzene rings is 1. The van der Waals surface area contributed by atoms with Crippen molar-refractivity contribution in [1.29, 1.82) is 0 Å². The number of nitrogens with zero attached hydrogens (tertiary/aromatic N) is 2. The molecule has 6 heteroatoms. The first-order valence-corrected chi connectivity index (χ1v) is 8.72. The number of hydrogen-bond acceptors (Lipinski definition) is 3. The predicted octanol–water partition coefficient (Wildman–Crippen LogP) is 3.28. The normalized spacial score (nSPS) is 11.6. The Labute approximate surface area is 147 Å². The Morgan fingerprint density at radius 2 is 2.21 bits per heavy atom. The van der Waals surface area contributed by atoms with Gasteiger partial charge in [0.2, 0.25) is 0 Å². The van der Waals surface area contributed by atoms with Crippen LogP contribution in [0.25, 0.3) is 0 Å². The highest BCUT2D eigenvalue weighted by Gasteiger charge is 2.08. The van der Waals surface area contributed by atoms with Crippen molar-refractivity contribution in [1.82, 2.24) is 10.2 Å². The van der Waals surface area contributed by atoms with Crippen LogP contribution in [-0.2, 0) is 24.3 Å². The Morgan fingerprint density at radius 1 is 1.38 bits per heavy atom. The molecule has 1 N–H and O–H groups in total. The van der Waals surface area contributed by atoms with Crippen LogP contribution in [0.5, 0.6) is 0 Å². The SMILES string of the molecule is CN=C(NCc1ccc(F)c(COC)c1)N(C)CCc1cccs1. The van der Waals surface area contributed by atoms with E-state index in [1.807, 2.05) is 13.1 Å². The van der Waals surface area contributed by atoms with Gasteiger partial charge in [0.25, 0.3) is 0 Å². The van der Waals surface area contributed by atoms with Crippen LogP contribution < -0.4 is 5.32 Å². The molecule has 1 aromatic carbocycles. The Morgan fingerprint density at radius 3 is 2.88 bits per heavy atom. The molecule has 0 aliphatic rings. The zero-order chi connectivity index (χ0) is 17.4. The fraction of sp³-hybridized carbons (Fsp3) is 0.389. The molecule has 1 aromatic heterocycles. The zero-order valence-corrected chi connectivity index (χ0v) is 15.2. The van der Waals surface area contributed by atoms with Gasteiger partial charge in [-0.2, -0.15) is 0 Å². The van der Waals surface area contributed by atoms with Gasteiger partial charge in [-0.15, -0.1) is 11.3 Å². The molecule has 0 saturated carbocycles. The van der Waals surface area contributed by atoms with Gasteiger partial charge in [-0.3, -0.25) is 4.99 Å². The van der Waals surface area contributed by atoms with E-state index >= 15 is 0 Å². The molecule has 2 rings (SSSR count). The van der Waals surface area contributed by atoms with E-state index in [-0.39, 0.29) is 12.4 Å². The molecule has 0 fully saturated rings. The standard InChI is InChI=1S/C18H24FN3OS/c1-20-18(22(2)9-8-16-5-4-10-24-16)21-12-14-6-7-17(19)15(11-14)13-23-3/h4-7,10-11H,8-9,12-13H2,1-3H3,(H,20,21). The topological polar surface area (TPSA) is 36.9 Å². The van der Waals surface area contributed by atoms with E-state index in [1.165, 1.54) is 10.9 Å². The van der Waals surface area contributed by atoms with Gasteiger partial charge in [0.05, 0.1) is 6.61 Å². The summed E-state index contributed by atoms with van der Waals surface area (Å²) in [4.78, 5) is 7.77. The third kappa shape index (κ3) is 5.32. The van der Waals surface area contributed by atoms with Crippen LogP contribution in [-0.4, -0.2) is 38.6 Å². The van der Waals surface area contributed by atoms with Gasteiger partial charge >= 0.3 is 0 Å². The molecule has 4 nitrogen and oxygen atoms in total. The number of aliphatic imine (C=N–C) groups is 1. The first-order valence-electron chi connectivity index (χ1n) is 7.84. The number of thiophene rings is 1. The Bertz CT molecular complexity index is 658. The number of nitrogens with one attached hydrogen (secondary N) is 1. The summed E-state index contributed by atoms with van der Waals surface area (Å²) in [6.45, 7) is 1.75. The molecule has 0 radical (unpaired) electrons. The number of hydrogen-bond donors (Lipinski definition) is 1. The Hall–Kier alpha value is -1.92. The fourth-order valence-electron chi connectivity index (χ4n) is 2.41. The second kappa shape index (κ2) is 9.39. The van der Waals surface area contributed by atoms with E-state index < -0.39 is 0 Å². The van der Waals surface area contributed by atoms with Crippen molar-refractivity contribution >= 4 is 17.3 Å². The van der Waals surface area contributed by atoms with Crippen molar-refractivity contribution in [2.24, 2.45) is 4.99 Å². The second-order valence-corrected chi connectivity index (χ2v) is 6.54. The summed E-state index contributed by atoms with van der Waals surface area (Å²) < 4.78 is 18.7. The summed E-state index contributed by atoms with van der Waals surface area (Å²) in [5.74, 6) is 0.585. The van der Waals surface area contributed by atoms with Gasteiger partial charge in [-0.1, -0.05) is 12.1 Å². The number of likely N-dealkylation sites (N-methyl/N-ethyl adjacent to an activating group) is 1. The highest BCUT2D eigenvalue weighted by atomic mass is 32.1. The summed E-state index contributed by atoms with van der Waals surface area (Å²) in [5.41, 5.74) is 1.56. The van der Waals surface area contributed by atoms with Crippen LogP contribution in [0.15, 0.2) is 40.7 Å². The summed E-state index contributed by atoms with van der Waals surface area (Å²) in [5, 5.41) is 5.41. The van der Waals surface area contributed by atoms with Crippen LogP contribution in [0.4, 0.5) is 4.39 Å². The summed E-state index contributed by atoms with van der Waals surface area (Å²) in [6.07, 6.45) is 0.989. The van der Waals surface area contributed by atoms with Gasteiger partial charge in [0.1, 0.15) is 5.82 Å². The van der Waals surface area contributed by atoms with Crippen molar-refractivity contribution < 1.29 is 9.13 Å². The van der Waals surface area contributed by atoms with E-state index in [9.17, 15) is 4.39 Å². The molecule has 0 atom stereocenters. The lowest BCUT2D eigenvalue weighted by Gasteiger charge is -2.22. The Balaban J connectivity index is 1.89. The van der Waals surface area contributed by atoms with Crippen LogP contribution in [0.2, 0.25) is 0 Å². The van der Waals surface area contributed by atoms with Crippen molar-refractivity contribution in [3.05, 3.63) is 57.5 Å². The van der Waals surface area contributed by atoms with Gasteiger partial charge < -0.3 is 15.0 Å². The van der Waals surface area contributed by atoms with Crippen molar-refractivity contribution in [3.8, 4) is 0 Å². The maximum absolute atomic E-state index is 13.7. The highest BCUT2D eigenvalue weighted by Crippen LogP contribution is 2.12. The maximum atomic E-state index is 13.7. The number of methoxy groups -OCH3 is 1. The van der Waals surface area contributed by atoms with Crippen LogP contribution in [0, 0.1) is 5.82 Å². The molecule has 0 aliphatic carbocycles. The van der Waals surface area contributed by atoms with E-state index in [2.05, 4.69) is 32.7 Å². The molecule has 0 aliphatic heterocycles. The molecule has 0 amide bonds. The average molecular weight is 349 g/mol. The monoisotopic (exact) mass is 349 g/mol. The number of rotatable bonds is 7. The minimum atomic E-state index is -0.238. The second-order valence-electron chi connectivity index (χ2n) is 5.51. The van der Waals surface area contributed by atoms with Crippen molar-refractivity contribution in [2.75, 3.05) is 27.7 Å². The quantitative estimate of drug-likeness (QED) is 0.616. The third-order valence-corrected chi connectivity index (χ3v) is 4.64. The average Bonchev–Trinajstić information content (AvgIpc) is 3.10. The molecule has 0 saturated heterocycles. The van der Waals surface area contributed by atoms with Gasteiger partial charge in [-0.25, -0.2) is 4.39 Å². The highest BCUT2D eigenvalue weighted by molar-refractivity contribution is 7.09. The molecule has 0 spiro atoms. The Kier molecular flexibility index (Phi) is 7.21. The largest absolute Gasteiger partial charge is 0.380 e. The molecule has 130 valence electrons.